The van der Waals surface area contributed by atoms with Crippen LogP contribution in [-0.2, 0) is 16.1 Å². The summed E-state index contributed by atoms with van der Waals surface area (Å²) in [7, 11) is 0. The van der Waals surface area contributed by atoms with E-state index in [1.165, 1.54) is 11.0 Å². The van der Waals surface area contributed by atoms with Gasteiger partial charge in [0.15, 0.2) is 0 Å². The molecule has 1 heterocycles. The maximum atomic E-state index is 11.7. The minimum atomic E-state index is -0.0893. The molecular weight excluding hydrogens is 234 g/mol. The smallest absolute Gasteiger partial charge is 0.242 e. The van der Waals surface area contributed by atoms with Gasteiger partial charge in [0.25, 0.3) is 0 Å². The van der Waals surface area contributed by atoms with Crippen molar-refractivity contribution in [2.75, 3.05) is 0 Å². The first-order valence-corrected chi connectivity index (χ1v) is 6.15. The Labute approximate surface area is 105 Å². The second-order valence-electron chi connectivity index (χ2n) is 4.73. The largest absolute Gasteiger partial charge is 0.352 e. The predicted molar refractivity (Wildman–Crippen MR) is 62.4 cm³/mol. The first-order chi connectivity index (χ1) is 8.65. The maximum absolute atomic E-state index is 11.7. The molecule has 0 atom stereocenters. The number of hydrogen-bond donors (Lipinski definition) is 1. The molecule has 7 nitrogen and oxygen atoms in total. The third-order valence-corrected chi connectivity index (χ3v) is 3.36. The van der Waals surface area contributed by atoms with Gasteiger partial charge in [-0.15, -0.1) is 5.10 Å². The topological polar surface area (TPSA) is 89.8 Å². The number of tetrazole rings is 1. The third-order valence-electron chi connectivity index (χ3n) is 3.36. The highest BCUT2D eigenvalue weighted by Gasteiger charge is 2.24. The van der Waals surface area contributed by atoms with Gasteiger partial charge in [-0.05, 0) is 43.0 Å². The number of nitrogens with zero attached hydrogens (tertiary/aromatic N) is 4. The summed E-state index contributed by atoms with van der Waals surface area (Å²) in [6, 6.07) is 0.171. The van der Waals surface area contributed by atoms with E-state index in [0.29, 0.717) is 0 Å². The second kappa shape index (κ2) is 5.70. The number of carbonyl (C=O) groups excluding carboxylic acids is 2. The molecule has 2 rings (SSSR count). The fraction of sp³-hybridized carbons (Fsp3) is 0.727. The van der Waals surface area contributed by atoms with Crippen molar-refractivity contribution in [2.45, 2.75) is 45.2 Å². The molecule has 0 bridgehead atoms. The van der Waals surface area contributed by atoms with Crippen molar-refractivity contribution in [3.63, 3.8) is 0 Å². The Bertz CT molecular complexity index is 409. The number of hydrogen-bond acceptors (Lipinski definition) is 5. The van der Waals surface area contributed by atoms with E-state index in [1.807, 2.05) is 0 Å². The van der Waals surface area contributed by atoms with Crippen molar-refractivity contribution in [1.29, 1.82) is 0 Å². The molecular formula is C11H17N5O2. The average molecular weight is 251 g/mol. The Kier molecular flexibility index (Phi) is 4.01. The highest BCUT2D eigenvalue weighted by Crippen LogP contribution is 2.24. The molecule has 0 aliphatic heterocycles. The Balaban J connectivity index is 1.74. The van der Waals surface area contributed by atoms with Crippen LogP contribution in [0.5, 0.6) is 0 Å². The van der Waals surface area contributed by atoms with E-state index in [1.54, 1.807) is 6.92 Å². The summed E-state index contributed by atoms with van der Waals surface area (Å²) in [6.07, 6.45) is 4.87. The Morgan fingerprint density at radius 3 is 2.61 bits per heavy atom. The van der Waals surface area contributed by atoms with Crippen LogP contribution in [0.15, 0.2) is 6.33 Å². The lowest BCUT2D eigenvalue weighted by Crippen LogP contribution is -2.40. The first-order valence-electron chi connectivity index (χ1n) is 6.15. The van der Waals surface area contributed by atoms with Gasteiger partial charge in [-0.1, -0.05) is 0 Å². The summed E-state index contributed by atoms with van der Waals surface area (Å²) >= 11 is 0. The molecule has 1 aliphatic rings. The van der Waals surface area contributed by atoms with Gasteiger partial charge in [0.2, 0.25) is 5.91 Å². The zero-order chi connectivity index (χ0) is 13.0. The SMILES string of the molecule is CC(=O)C1CCC(NC(=O)Cn2cnnn2)CC1. The molecule has 0 spiro atoms. The maximum Gasteiger partial charge on any atom is 0.242 e. The zero-order valence-electron chi connectivity index (χ0n) is 10.4. The van der Waals surface area contributed by atoms with Crippen LogP contribution in [0.2, 0.25) is 0 Å². The van der Waals surface area contributed by atoms with E-state index in [-0.39, 0.29) is 30.2 Å². The van der Waals surface area contributed by atoms with Crippen LogP contribution in [0, 0.1) is 5.92 Å². The van der Waals surface area contributed by atoms with E-state index in [2.05, 4.69) is 20.8 Å². The number of nitrogens with one attached hydrogen (secondary N) is 1. The van der Waals surface area contributed by atoms with E-state index in [4.69, 9.17) is 0 Å². The van der Waals surface area contributed by atoms with Crippen LogP contribution in [0.1, 0.15) is 32.6 Å². The van der Waals surface area contributed by atoms with Gasteiger partial charge < -0.3 is 5.32 Å². The van der Waals surface area contributed by atoms with Crippen LogP contribution in [-0.4, -0.2) is 37.9 Å². The standard InChI is InChI=1S/C11H17N5O2/c1-8(17)9-2-4-10(5-3-9)13-11(18)6-16-7-12-14-15-16/h7,9-10H,2-6H2,1H3,(H,13,18). The molecule has 98 valence electrons. The average Bonchev–Trinajstić information content (AvgIpc) is 2.82. The predicted octanol–water partition coefficient (Wildman–Crippen LogP) is -0.0629. The third kappa shape index (κ3) is 3.35. The molecule has 1 aliphatic carbocycles. The molecule has 18 heavy (non-hydrogen) atoms. The molecule has 1 amide bonds. The van der Waals surface area contributed by atoms with Gasteiger partial charge in [0.1, 0.15) is 18.7 Å². The van der Waals surface area contributed by atoms with Crippen LogP contribution >= 0.6 is 0 Å². The zero-order valence-corrected chi connectivity index (χ0v) is 10.4. The second-order valence-corrected chi connectivity index (χ2v) is 4.73. The number of ketones is 1. The van der Waals surface area contributed by atoms with Crippen LogP contribution < -0.4 is 5.32 Å². The molecule has 0 radical (unpaired) electrons. The van der Waals surface area contributed by atoms with E-state index in [0.717, 1.165) is 25.7 Å². The highest BCUT2D eigenvalue weighted by atomic mass is 16.2. The van der Waals surface area contributed by atoms with Gasteiger partial charge in [-0.25, -0.2) is 4.68 Å². The minimum Gasteiger partial charge on any atom is -0.352 e. The minimum absolute atomic E-state index is 0.0893. The first kappa shape index (κ1) is 12.7. The fourth-order valence-corrected chi connectivity index (χ4v) is 2.32. The number of aromatic nitrogens is 4. The van der Waals surface area contributed by atoms with Crippen molar-refractivity contribution in [1.82, 2.24) is 25.5 Å². The van der Waals surface area contributed by atoms with Crippen molar-refractivity contribution in [3.8, 4) is 0 Å². The summed E-state index contributed by atoms with van der Waals surface area (Å²) in [5, 5.41) is 13.5. The van der Waals surface area contributed by atoms with Crippen LogP contribution in [0.3, 0.4) is 0 Å². The number of rotatable bonds is 4. The lowest BCUT2D eigenvalue weighted by molar-refractivity contribution is -0.123. The van der Waals surface area contributed by atoms with Crippen molar-refractivity contribution >= 4 is 11.7 Å². The number of Topliss-reactive ketones (excluding diaryl/α,β-unsaturated/α-hetero) is 1. The van der Waals surface area contributed by atoms with Gasteiger partial charge in [0.05, 0.1) is 0 Å². The Morgan fingerprint density at radius 1 is 1.33 bits per heavy atom. The van der Waals surface area contributed by atoms with Crippen molar-refractivity contribution in [3.05, 3.63) is 6.33 Å². The van der Waals surface area contributed by atoms with E-state index >= 15 is 0 Å². The van der Waals surface area contributed by atoms with Gasteiger partial charge in [-0.2, -0.15) is 0 Å². The quantitative estimate of drug-likeness (QED) is 0.809. The summed E-state index contributed by atoms with van der Waals surface area (Å²) < 4.78 is 1.39. The number of carbonyl (C=O) groups is 2. The van der Waals surface area contributed by atoms with Gasteiger partial charge >= 0.3 is 0 Å². The summed E-state index contributed by atoms with van der Waals surface area (Å²) in [5.74, 6) is 0.347. The summed E-state index contributed by atoms with van der Waals surface area (Å²) in [5.41, 5.74) is 0. The monoisotopic (exact) mass is 251 g/mol. The molecule has 0 saturated heterocycles. The van der Waals surface area contributed by atoms with Crippen molar-refractivity contribution < 1.29 is 9.59 Å². The Morgan fingerprint density at radius 2 is 2.06 bits per heavy atom. The molecule has 7 heteroatoms. The Hall–Kier alpha value is -1.79. The molecule has 0 unspecified atom stereocenters. The van der Waals surface area contributed by atoms with Crippen LogP contribution in [0.25, 0.3) is 0 Å². The molecule has 1 fully saturated rings. The normalized spacial score (nSPS) is 23.6. The van der Waals surface area contributed by atoms with Gasteiger partial charge in [-0.3, -0.25) is 9.59 Å². The number of amides is 1. The fourth-order valence-electron chi connectivity index (χ4n) is 2.32. The molecule has 1 N–H and O–H groups in total. The highest BCUT2D eigenvalue weighted by molar-refractivity contribution is 5.78. The van der Waals surface area contributed by atoms with E-state index < -0.39 is 0 Å². The molecule has 0 aromatic carbocycles. The van der Waals surface area contributed by atoms with Crippen molar-refractivity contribution in [2.24, 2.45) is 5.92 Å². The van der Waals surface area contributed by atoms with Crippen LogP contribution in [0.4, 0.5) is 0 Å². The lowest BCUT2D eigenvalue weighted by atomic mass is 9.84. The molecule has 1 aromatic rings. The molecule has 1 saturated carbocycles. The van der Waals surface area contributed by atoms with Gasteiger partial charge in [0, 0.05) is 12.0 Å². The summed E-state index contributed by atoms with van der Waals surface area (Å²) in [4.78, 5) is 22.9. The molecule has 1 aromatic heterocycles. The lowest BCUT2D eigenvalue weighted by Gasteiger charge is -2.27. The summed E-state index contributed by atoms with van der Waals surface area (Å²) in [6.45, 7) is 1.78. The van der Waals surface area contributed by atoms with E-state index in [9.17, 15) is 9.59 Å².